The predicted octanol–water partition coefficient (Wildman–Crippen LogP) is 0.128. The van der Waals surface area contributed by atoms with Crippen molar-refractivity contribution < 1.29 is 24.5 Å². The minimum atomic E-state index is -0.546. The smallest absolute Gasteiger partial charge is 0.263 e. The van der Waals surface area contributed by atoms with E-state index in [1.807, 2.05) is 0 Å². The molecule has 1 saturated carbocycles. The Hall–Kier alpha value is -3.17. The van der Waals surface area contributed by atoms with Crippen LogP contribution in [0.4, 0.5) is 0 Å². The molecular formula is C22H27N3O6. The maximum Gasteiger partial charge on any atom is 0.263 e. The molecule has 0 radical (unpaired) electrons. The van der Waals surface area contributed by atoms with Gasteiger partial charge in [0.1, 0.15) is 17.9 Å². The SMILES string of the molecule is CCNC(=O)c1cc(C(=O)N[C@H]2C[C@@H]2CO)cn(Cc2cccc(OCCO)c2)c1=O. The molecular weight excluding hydrogens is 402 g/mol. The lowest BCUT2D eigenvalue weighted by molar-refractivity contribution is 0.0946. The first kappa shape index (κ1) is 22.5. The Balaban J connectivity index is 1.90. The van der Waals surface area contributed by atoms with Crippen molar-refractivity contribution in [2.45, 2.75) is 25.9 Å². The van der Waals surface area contributed by atoms with Crippen LogP contribution >= 0.6 is 0 Å². The average Bonchev–Trinajstić information content (AvgIpc) is 3.52. The molecule has 0 saturated heterocycles. The van der Waals surface area contributed by atoms with Crippen LogP contribution in [-0.4, -0.2) is 59.0 Å². The molecule has 1 fully saturated rings. The maximum absolute atomic E-state index is 12.9. The molecule has 31 heavy (non-hydrogen) atoms. The molecule has 9 heteroatoms. The zero-order chi connectivity index (χ0) is 22.4. The molecule has 1 aromatic heterocycles. The highest BCUT2D eigenvalue weighted by molar-refractivity contribution is 5.99. The van der Waals surface area contributed by atoms with E-state index in [1.54, 1.807) is 31.2 Å². The number of amides is 2. The third kappa shape index (κ3) is 5.71. The average molecular weight is 429 g/mol. The Kier molecular flexibility index (Phi) is 7.43. The van der Waals surface area contributed by atoms with E-state index in [4.69, 9.17) is 9.84 Å². The second kappa shape index (κ2) is 10.2. The van der Waals surface area contributed by atoms with Gasteiger partial charge in [0.25, 0.3) is 17.4 Å². The summed E-state index contributed by atoms with van der Waals surface area (Å²) < 4.78 is 6.73. The summed E-state index contributed by atoms with van der Waals surface area (Å²) in [5, 5.41) is 23.5. The number of pyridine rings is 1. The third-order valence-corrected chi connectivity index (χ3v) is 5.02. The van der Waals surface area contributed by atoms with E-state index in [9.17, 15) is 19.5 Å². The molecule has 9 nitrogen and oxygen atoms in total. The van der Waals surface area contributed by atoms with Crippen molar-refractivity contribution in [1.29, 1.82) is 0 Å². The summed E-state index contributed by atoms with van der Waals surface area (Å²) in [5.74, 6) is -0.364. The summed E-state index contributed by atoms with van der Waals surface area (Å²) in [6.45, 7) is 2.26. The number of carbonyl (C=O) groups is 2. The molecule has 0 unspecified atom stereocenters. The van der Waals surface area contributed by atoms with Gasteiger partial charge in [0, 0.05) is 31.3 Å². The summed E-state index contributed by atoms with van der Waals surface area (Å²) in [7, 11) is 0. The lowest BCUT2D eigenvalue weighted by Crippen LogP contribution is -2.35. The maximum atomic E-state index is 12.9. The molecule has 1 aromatic carbocycles. The summed E-state index contributed by atoms with van der Waals surface area (Å²) in [6, 6.07) is 8.22. The lowest BCUT2D eigenvalue weighted by Gasteiger charge is -2.13. The van der Waals surface area contributed by atoms with E-state index in [-0.39, 0.29) is 49.5 Å². The monoisotopic (exact) mass is 429 g/mol. The van der Waals surface area contributed by atoms with Crippen molar-refractivity contribution in [3.05, 3.63) is 63.6 Å². The Morgan fingerprint density at radius 1 is 1.23 bits per heavy atom. The minimum absolute atomic E-state index is 0.00327. The fourth-order valence-electron chi connectivity index (χ4n) is 3.27. The van der Waals surface area contributed by atoms with Gasteiger partial charge < -0.3 is 30.2 Å². The molecule has 2 amide bonds. The van der Waals surface area contributed by atoms with Gasteiger partial charge >= 0.3 is 0 Å². The highest BCUT2D eigenvalue weighted by atomic mass is 16.5. The van der Waals surface area contributed by atoms with Gasteiger partial charge in [-0.1, -0.05) is 12.1 Å². The number of rotatable bonds is 10. The summed E-state index contributed by atoms with van der Waals surface area (Å²) in [6.07, 6.45) is 2.13. The number of ether oxygens (including phenoxy) is 1. The van der Waals surface area contributed by atoms with Crippen LogP contribution in [0.25, 0.3) is 0 Å². The van der Waals surface area contributed by atoms with Crippen molar-refractivity contribution in [3.63, 3.8) is 0 Å². The van der Waals surface area contributed by atoms with Crippen LogP contribution in [0.3, 0.4) is 0 Å². The highest BCUT2D eigenvalue weighted by Gasteiger charge is 2.37. The first-order valence-corrected chi connectivity index (χ1v) is 10.2. The molecule has 0 spiro atoms. The number of carbonyl (C=O) groups excluding carboxylic acids is 2. The zero-order valence-electron chi connectivity index (χ0n) is 17.3. The van der Waals surface area contributed by atoms with Crippen LogP contribution in [0.2, 0.25) is 0 Å². The number of benzene rings is 1. The molecule has 1 aliphatic rings. The largest absolute Gasteiger partial charge is 0.491 e. The molecule has 166 valence electrons. The van der Waals surface area contributed by atoms with Crippen molar-refractivity contribution in [2.24, 2.45) is 5.92 Å². The Labute approximate surface area is 179 Å². The highest BCUT2D eigenvalue weighted by Crippen LogP contribution is 2.29. The van der Waals surface area contributed by atoms with Gasteiger partial charge in [0.05, 0.1) is 18.7 Å². The van der Waals surface area contributed by atoms with E-state index >= 15 is 0 Å². The lowest BCUT2D eigenvalue weighted by atomic mass is 10.1. The third-order valence-electron chi connectivity index (χ3n) is 5.02. The Morgan fingerprint density at radius 3 is 2.71 bits per heavy atom. The normalized spacial score (nSPS) is 17.1. The first-order valence-electron chi connectivity index (χ1n) is 10.2. The number of aliphatic hydroxyl groups is 2. The number of aromatic nitrogens is 1. The standard InChI is InChI=1S/C22H27N3O6/c1-2-23-21(29)18-9-15(20(28)24-19-10-16(19)13-27)12-25(22(18)30)11-14-4-3-5-17(8-14)31-7-6-26/h3-5,8-9,12,16,19,26-27H,2,6-7,10-11,13H2,1H3,(H,23,29)(H,24,28)/t16-,19+/m1/s1. The van der Waals surface area contributed by atoms with Crippen molar-refractivity contribution in [2.75, 3.05) is 26.4 Å². The van der Waals surface area contributed by atoms with E-state index < -0.39 is 17.4 Å². The molecule has 2 atom stereocenters. The van der Waals surface area contributed by atoms with Gasteiger partial charge in [-0.25, -0.2) is 0 Å². The zero-order valence-corrected chi connectivity index (χ0v) is 17.3. The van der Waals surface area contributed by atoms with Gasteiger partial charge in [-0.05, 0) is 37.1 Å². The number of hydrogen-bond acceptors (Lipinski definition) is 6. The topological polar surface area (TPSA) is 130 Å². The fourth-order valence-corrected chi connectivity index (χ4v) is 3.27. The van der Waals surface area contributed by atoms with Crippen LogP contribution < -0.4 is 20.9 Å². The van der Waals surface area contributed by atoms with Gasteiger partial charge in [-0.3, -0.25) is 14.4 Å². The summed E-state index contributed by atoms with van der Waals surface area (Å²) in [5.41, 5.74) is 0.303. The first-order chi connectivity index (χ1) is 15.0. The second-order valence-corrected chi connectivity index (χ2v) is 7.41. The van der Waals surface area contributed by atoms with E-state index in [2.05, 4.69) is 10.6 Å². The Morgan fingerprint density at radius 2 is 2.03 bits per heavy atom. The van der Waals surface area contributed by atoms with E-state index in [0.717, 1.165) is 5.56 Å². The molecule has 1 heterocycles. The summed E-state index contributed by atoms with van der Waals surface area (Å²) in [4.78, 5) is 38.0. The molecule has 2 aromatic rings. The summed E-state index contributed by atoms with van der Waals surface area (Å²) >= 11 is 0. The van der Waals surface area contributed by atoms with Crippen LogP contribution in [0, 0.1) is 5.92 Å². The number of nitrogens with zero attached hydrogens (tertiary/aromatic N) is 1. The van der Waals surface area contributed by atoms with E-state index in [0.29, 0.717) is 18.7 Å². The molecule has 0 bridgehead atoms. The van der Waals surface area contributed by atoms with Crippen molar-refractivity contribution >= 4 is 11.8 Å². The predicted molar refractivity (Wildman–Crippen MR) is 113 cm³/mol. The molecule has 3 rings (SSSR count). The minimum Gasteiger partial charge on any atom is -0.491 e. The number of nitrogens with one attached hydrogen (secondary N) is 2. The van der Waals surface area contributed by atoms with Crippen LogP contribution in [0.15, 0.2) is 41.3 Å². The van der Waals surface area contributed by atoms with Crippen LogP contribution in [0.5, 0.6) is 5.75 Å². The van der Waals surface area contributed by atoms with Crippen LogP contribution in [-0.2, 0) is 6.54 Å². The van der Waals surface area contributed by atoms with Gasteiger partial charge in [0.2, 0.25) is 0 Å². The van der Waals surface area contributed by atoms with Crippen molar-refractivity contribution in [1.82, 2.24) is 15.2 Å². The van der Waals surface area contributed by atoms with Gasteiger partial charge in [-0.15, -0.1) is 0 Å². The van der Waals surface area contributed by atoms with Gasteiger partial charge in [0.15, 0.2) is 0 Å². The number of hydrogen-bond donors (Lipinski definition) is 4. The quantitative estimate of drug-likeness (QED) is 0.425. The molecule has 0 aliphatic heterocycles. The van der Waals surface area contributed by atoms with Crippen molar-refractivity contribution in [3.8, 4) is 5.75 Å². The Bertz CT molecular complexity index is 1000. The molecule has 4 N–H and O–H groups in total. The molecule has 1 aliphatic carbocycles. The number of aliphatic hydroxyl groups excluding tert-OH is 2. The second-order valence-electron chi connectivity index (χ2n) is 7.41. The van der Waals surface area contributed by atoms with Crippen LogP contribution in [0.1, 0.15) is 39.6 Å². The fraction of sp³-hybridized carbons (Fsp3) is 0.409. The van der Waals surface area contributed by atoms with Gasteiger partial charge in [-0.2, -0.15) is 0 Å². The van der Waals surface area contributed by atoms with E-state index in [1.165, 1.54) is 16.8 Å².